The lowest BCUT2D eigenvalue weighted by molar-refractivity contribution is -0.143. The van der Waals surface area contributed by atoms with Crippen LogP contribution in [0.4, 0.5) is 0 Å². The molecule has 84 valence electrons. The fourth-order valence-corrected chi connectivity index (χ4v) is 1.89. The summed E-state index contributed by atoms with van der Waals surface area (Å²) >= 11 is 0. The molecular weight excluding hydrogens is 232 g/mol. The zero-order chi connectivity index (χ0) is 11.2. The van der Waals surface area contributed by atoms with Gasteiger partial charge in [0.1, 0.15) is 0 Å². The van der Waals surface area contributed by atoms with Crippen molar-refractivity contribution in [2.75, 3.05) is 12.4 Å². The summed E-state index contributed by atoms with van der Waals surface area (Å²) in [5.74, 6) is -1.01. The van der Waals surface area contributed by atoms with E-state index in [0.717, 1.165) is 0 Å². The first-order valence-corrected chi connectivity index (χ1v) is 6.59. The van der Waals surface area contributed by atoms with Gasteiger partial charge in [-0.2, -0.15) is 0 Å². The topological polar surface area (TPSA) is 80.7 Å². The number of hydrogen-bond acceptors (Lipinski definition) is 5. The third-order valence-electron chi connectivity index (χ3n) is 1.38. The van der Waals surface area contributed by atoms with Crippen molar-refractivity contribution in [2.45, 2.75) is 25.9 Å². The first-order chi connectivity index (χ1) is 6.35. The van der Waals surface area contributed by atoms with Gasteiger partial charge in [0, 0.05) is 17.1 Å². The molecule has 0 aliphatic rings. The summed E-state index contributed by atoms with van der Waals surface area (Å²) in [6.07, 6.45) is -1.10. The van der Waals surface area contributed by atoms with E-state index in [9.17, 15) is 13.2 Å². The van der Waals surface area contributed by atoms with Gasteiger partial charge < -0.3 is 9.84 Å². The van der Waals surface area contributed by atoms with E-state index in [1.807, 2.05) is 0 Å². The van der Waals surface area contributed by atoms with Gasteiger partial charge in [-0.25, -0.2) is 8.42 Å². The second kappa shape index (κ2) is 6.21. The Labute approximate surface area is 87.4 Å². The molecule has 0 aromatic rings. The lowest BCUT2D eigenvalue weighted by Gasteiger charge is -2.07. The van der Waals surface area contributed by atoms with Crippen LogP contribution in [0.15, 0.2) is 0 Å². The Hall–Kier alpha value is -0.330. The second-order valence-corrected chi connectivity index (χ2v) is 5.52. The monoisotopic (exact) mass is 244 g/mol. The molecule has 0 rings (SSSR count). The van der Waals surface area contributed by atoms with Gasteiger partial charge in [-0.15, -0.1) is 0 Å². The quantitative estimate of drug-likeness (QED) is 0.535. The van der Waals surface area contributed by atoms with Crippen molar-refractivity contribution in [2.24, 2.45) is 0 Å². The van der Waals surface area contributed by atoms with Crippen LogP contribution in [0.3, 0.4) is 0 Å². The maximum Gasteiger partial charge on any atom is 0.305 e. The molecule has 0 aliphatic heterocycles. The van der Waals surface area contributed by atoms with Crippen molar-refractivity contribution in [1.82, 2.24) is 0 Å². The van der Waals surface area contributed by atoms with E-state index in [4.69, 9.17) is 15.8 Å². The van der Waals surface area contributed by atoms with Crippen LogP contribution in [0.25, 0.3) is 0 Å². The van der Waals surface area contributed by atoms with Crippen LogP contribution in [0, 0.1) is 0 Å². The summed E-state index contributed by atoms with van der Waals surface area (Å²) in [5.41, 5.74) is 0. The fraction of sp³-hybridized carbons (Fsp3) is 0.857. The van der Waals surface area contributed by atoms with Crippen molar-refractivity contribution in [3.8, 4) is 0 Å². The number of aliphatic hydroxyl groups is 1. The number of aliphatic hydroxyl groups excluding tert-OH is 1. The number of carbonyl (C=O) groups excluding carboxylic acids is 1. The van der Waals surface area contributed by atoms with Crippen LogP contribution >= 0.6 is 10.7 Å². The number of carbonyl (C=O) groups is 1. The van der Waals surface area contributed by atoms with Crippen LogP contribution in [0.1, 0.15) is 19.8 Å². The van der Waals surface area contributed by atoms with Gasteiger partial charge in [-0.3, -0.25) is 4.79 Å². The zero-order valence-corrected chi connectivity index (χ0v) is 9.34. The Bertz CT molecular complexity index is 274. The van der Waals surface area contributed by atoms with E-state index >= 15 is 0 Å². The van der Waals surface area contributed by atoms with Crippen LogP contribution < -0.4 is 0 Å². The van der Waals surface area contributed by atoms with Gasteiger partial charge in [0.05, 0.1) is 18.5 Å². The van der Waals surface area contributed by atoms with Crippen molar-refractivity contribution in [3.05, 3.63) is 0 Å². The van der Waals surface area contributed by atoms with Crippen LogP contribution in [0.5, 0.6) is 0 Å². The van der Waals surface area contributed by atoms with E-state index in [-0.39, 0.29) is 19.4 Å². The highest BCUT2D eigenvalue weighted by atomic mass is 35.7. The average Bonchev–Trinajstić information content (AvgIpc) is 1.98. The summed E-state index contributed by atoms with van der Waals surface area (Å²) in [4.78, 5) is 10.8. The molecule has 0 aromatic heterocycles. The van der Waals surface area contributed by atoms with Gasteiger partial charge in [0.2, 0.25) is 9.05 Å². The first-order valence-electron chi connectivity index (χ1n) is 4.11. The van der Waals surface area contributed by atoms with Crippen LogP contribution in [-0.4, -0.2) is 38.0 Å². The summed E-state index contributed by atoms with van der Waals surface area (Å²) in [7, 11) is 1.19. The molecule has 0 heterocycles. The number of rotatable bonds is 6. The molecule has 14 heavy (non-hydrogen) atoms. The normalized spacial score (nSPS) is 13.6. The smallest absolute Gasteiger partial charge is 0.305 e. The molecule has 0 aromatic carbocycles. The zero-order valence-electron chi connectivity index (χ0n) is 7.77. The Balaban J connectivity index is 3.74. The molecule has 0 saturated heterocycles. The van der Waals surface area contributed by atoms with Crippen molar-refractivity contribution >= 4 is 25.7 Å². The molecule has 0 saturated carbocycles. The summed E-state index contributed by atoms with van der Waals surface area (Å²) in [5, 5.41) is 9.13. The van der Waals surface area contributed by atoms with Crippen molar-refractivity contribution < 1.29 is 23.1 Å². The molecule has 0 fully saturated rings. The highest BCUT2D eigenvalue weighted by Gasteiger charge is 2.15. The van der Waals surface area contributed by atoms with Gasteiger partial charge in [-0.05, 0) is 13.3 Å². The molecule has 0 amide bonds. The molecule has 0 bridgehead atoms. The standard InChI is InChI=1S/C7H13ClO5S/c1-2-13-7(10)4-3-6(9)5-14(8,11)12/h6,9H,2-5H2,1H3. The maximum absolute atomic E-state index is 10.8. The van der Waals surface area contributed by atoms with E-state index < -0.39 is 26.9 Å². The molecule has 0 radical (unpaired) electrons. The number of hydrogen-bond donors (Lipinski definition) is 1. The first kappa shape index (κ1) is 13.7. The Morgan fingerprint density at radius 3 is 2.57 bits per heavy atom. The minimum atomic E-state index is -3.71. The third kappa shape index (κ3) is 8.28. The van der Waals surface area contributed by atoms with Gasteiger partial charge in [0.25, 0.3) is 0 Å². The van der Waals surface area contributed by atoms with Gasteiger partial charge >= 0.3 is 5.97 Å². The summed E-state index contributed by atoms with van der Waals surface area (Å²) in [6.45, 7) is 1.93. The molecule has 1 N–H and O–H groups in total. The Morgan fingerprint density at radius 1 is 1.57 bits per heavy atom. The molecule has 0 aliphatic carbocycles. The summed E-state index contributed by atoms with van der Waals surface area (Å²) in [6, 6.07) is 0. The van der Waals surface area contributed by atoms with Crippen LogP contribution in [-0.2, 0) is 18.6 Å². The predicted molar refractivity (Wildman–Crippen MR) is 51.5 cm³/mol. The average molecular weight is 245 g/mol. The van der Waals surface area contributed by atoms with E-state index in [1.54, 1.807) is 6.92 Å². The molecular formula is C7H13ClO5S. The largest absolute Gasteiger partial charge is 0.466 e. The summed E-state index contributed by atoms with van der Waals surface area (Å²) < 4.78 is 25.6. The lowest BCUT2D eigenvalue weighted by Crippen LogP contribution is -2.19. The molecule has 0 spiro atoms. The van der Waals surface area contributed by atoms with Crippen molar-refractivity contribution in [3.63, 3.8) is 0 Å². The van der Waals surface area contributed by atoms with Crippen LogP contribution in [0.2, 0.25) is 0 Å². The Morgan fingerprint density at radius 2 is 2.14 bits per heavy atom. The molecule has 1 atom stereocenters. The van der Waals surface area contributed by atoms with Crippen molar-refractivity contribution in [1.29, 1.82) is 0 Å². The molecule has 1 unspecified atom stereocenters. The number of esters is 1. The number of halogens is 1. The van der Waals surface area contributed by atoms with E-state index in [2.05, 4.69) is 4.74 Å². The molecule has 5 nitrogen and oxygen atoms in total. The third-order valence-corrected chi connectivity index (χ3v) is 2.54. The highest BCUT2D eigenvalue weighted by Crippen LogP contribution is 2.05. The maximum atomic E-state index is 10.8. The minimum Gasteiger partial charge on any atom is -0.466 e. The predicted octanol–water partition coefficient (Wildman–Crippen LogP) is 0.259. The van der Waals surface area contributed by atoms with Gasteiger partial charge in [-0.1, -0.05) is 0 Å². The number of ether oxygens (including phenoxy) is 1. The second-order valence-electron chi connectivity index (χ2n) is 2.70. The Kier molecular flexibility index (Phi) is 6.06. The minimum absolute atomic E-state index is 0.0125. The van der Waals surface area contributed by atoms with E-state index in [0.29, 0.717) is 0 Å². The fourth-order valence-electron chi connectivity index (χ4n) is 0.831. The lowest BCUT2D eigenvalue weighted by atomic mass is 10.2. The highest BCUT2D eigenvalue weighted by molar-refractivity contribution is 8.13. The molecule has 7 heteroatoms. The SMILES string of the molecule is CCOC(=O)CCC(O)CS(=O)(=O)Cl. The van der Waals surface area contributed by atoms with Gasteiger partial charge in [0.15, 0.2) is 0 Å². The van der Waals surface area contributed by atoms with E-state index in [1.165, 1.54) is 0 Å².